The Morgan fingerprint density at radius 1 is 1.03 bits per heavy atom. The molecule has 32 heavy (non-hydrogen) atoms. The number of amides is 2. The van der Waals surface area contributed by atoms with Crippen LogP contribution >= 0.6 is 23.2 Å². The van der Waals surface area contributed by atoms with Crippen molar-refractivity contribution in [3.63, 3.8) is 0 Å². The van der Waals surface area contributed by atoms with E-state index in [1.165, 1.54) is 10.5 Å². The van der Waals surface area contributed by atoms with Crippen LogP contribution < -0.4 is 10.1 Å². The first-order valence-corrected chi connectivity index (χ1v) is 11.4. The van der Waals surface area contributed by atoms with Gasteiger partial charge in [0.1, 0.15) is 11.8 Å². The predicted octanol–water partition coefficient (Wildman–Crippen LogP) is 5.61. The van der Waals surface area contributed by atoms with E-state index in [-0.39, 0.29) is 36.4 Å². The highest BCUT2D eigenvalue weighted by Gasteiger charge is 2.27. The fourth-order valence-corrected chi connectivity index (χ4v) is 3.57. The van der Waals surface area contributed by atoms with Crippen molar-refractivity contribution in [1.29, 1.82) is 0 Å². The Morgan fingerprint density at radius 3 is 2.19 bits per heavy atom. The molecule has 2 amide bonds. The van der Waals surface area contributed by atoms with Gasteiger partial charge in [-0.2, -0.15) is 0 Å². The average Bonchev–Trinajstić information content (AvgIpc) is 2.70. The first-order chi connectivity index (χ1) is 14.9. The summed E-state index contributed by atoms with van der Waals surface area (Å²) < 4.78 is 5.74. The van der Waals surface area contributed by atoms with Gasteiger partial charge < -0.3 is 15.0 Å². The summed E-state index contributed by atoms with van der Waals surface area (Å²) in [6.45, 7) is 11.8. The molecular weight excluding hydrogens is 447 g/mol. The third kappa shape index (κ3) is 7.42. The highest BCUT2D eigenvalue weighted by Crippen LogP contribution is 2.25. The molecular formula is C25H32Cl2N2O3. The number of ether oxygens (including phenoxy) is 1. The Hall–Kier alpha value is -2.24. The van der Waals surface area contributed by atoms with Gasteiger partial charge in [0.2, 0.25) is 5.91 Å². The molecule has 0 heterocycles. The number of hydrogen-bond acceptors (Lipinski definition) is 3. The quantitative estimate of drug-likeness (QED) is 0.535. The highest BCUT2D eigenvalue weighted by atomic mass is 35.5. The van der Waals surface area contributed by atoms with E-state index in [2.05, 4.69) is 26.1 Å². The lowest BCUT2D eigenvalue weighted by Crippen LogP contribution is -2.50. The van der Waals surface area contributed by atoms with Crippen LogP contribution in [0.3, 0.4) is 0 Å². The van der Waals surface area contributed by atoms with E-state index in [9.17, 15) is 9.59 Å². The first-order valence-electron chi connectivity index (χ1n) is 10.7. The highest BCUT2D eigenvalue weighted by molar-refractivity contribution is 6.35. The lowest BCUT2D eigenvalue weighted by atomic mass is 9.87. The zero-order valence-electron chi connectivity index (χ0n) is 19.5. The summed E-state index contributed by atoms with van der Waals surface area (Å²) in [5.74, 6) is 0.0328. The molecule has 2 rings (SSSR count). The molecule has 0 aliphatic heterocycles. The average molecular weight is 479 g/mol. The zero-order valence-corrected chi connectivity index (χ0v) is 21.1. The van der Waals surface area contributed by atoms with Gasteiger partial charge in [0.25, 0.3) is 5.91 Å². The predicted molar refractivity (Wildman–Crippen MR) is 130 cm³/mol. The minimum Gasteiger partial charge on any atom is -0.484 e. The van der Waals surface area contributed by atoms with Crippen LogP contribution in [-0.2, 0) is 21.5 Å². The first kappa shape index (κ1) is 26.0. The monoisotopic (exact) mass is 478 g/mol. The van der Waals surface area contributed by atoms with Crippen LogP contribution in [0.25, 0.3) is 0 Å². The van der Waals surface area contributed by atoms with Crippen molar-refractivity contribution in [2.75, 3.05) is 6.61 Å². The van der Waals surface area contributed by atoms with E-state index >= 15 is 0 Å². The fourth-order valence-electron chi connectivity index (χ4n) is 3.10. The fraction of sp³-hybridized carbons (Fsp3) is 0.440. The maximum absolute atomic E-state index is 13.1. The number of rotatable bonds is 8. The van der Waals surface area contributed by atoms with Gasteiger partial charge in [-0.05, 0) is 61.6 Å². The molecule has 2 aromatic rings. The standard InChI is InChI=1S/C25H32Cl2N2O3/c1-16(2)28-24(31)17(3)29(14-18-7-10-20(26)13-22(18)27)23(30)15-32-21-11-8-19(9-12-21)25(4,5)6/h7-13,16-17H,14-15H2,1-6H3,(H,28,31)/t17-/m1/s1. The molecule has 0 aliphatic carbocycles. The third-order valence-electron chi connectivity index (χ3n) is 5.04. The molecule has 1 atom stereocenters. The van der Waals surface area contributed by atoms with Crippen molar-refractivity contribution >= 4 is 35.0 Å². The van der Waals surface area contributed by atoms with E-state index < -0.39 is 6.04 Å². The molecule has 1 N–H and O–H groups in total. The Kier molecular flexibility index (Phi) is 8.99. The SMILES string of the molecule is CC(C)NC(=O)[C@@H](C)N(Cc1ccc(Cl)cc1Cl)C(=O)COc1ccc(C(C)(C)C)cc1. The Morgan fingerprint density at radius 2 is 1.66 bits per heavy atom. The summed E-state index contributed by atoms with van der Waals surface area (Å²) in [6, 6.07) is 12.0. The zero-order chi connectivity index (χ0) is 24.1. The summed E-state index contributed by atoms with van der Waals surface area (Å²) in [5.41, 5.74) is 1.90. The van der Waals surface area contributed by atoms with Gasteiger partial charge in [-0.25, -0.2) is 0 Å². The molecule has 0 saturated carbocycles. The minimum absolute atomic E-state index is 0.0300. The maximum atomic E-state index is 13.1. The van der Waals surface area contributed by atoms with Crippen LogP contribution in [-0.4, -0.2) is 35.4 Å². The number of nitrogens with one attached hydrogen (secondary N) is 1. The van der Waals surface area contributed by atoms with E-state index in [0.717, 1.165) is 0 Å². The van der Waals surface area contributed by atoms with Crippen LogP contribution in [0.1, 0.15) is 52.7 Å². The Balaban J connectivity index is 2.18. The lowest BCUT2D eigenvalue weighted by Gasteiger charge is -2.29. The Bertz CT molecular complexity index is 937. The van der Waals surface area contributed by atoms with Crippen LogP contribution in [0.2, 0.25) is 10.0 Å². The molecule has 174 valence electrons. The second kappa shape index (κ2) is 11.1. The topological polar surface area (TPSA) is 58.6 Å². The van der Waals surface area contributed by atoms with Crippen molar-refractivity contribution in [2.45, 2.75) is 65.6 Å². The van der Waals surface area contributed by atoms with Gasteiger partial charge in [0, 0.05) is 22.6 Å². The molecule has 0 spiro atoms. The summed E-state index contributed by atoms with van der Waals surface area (Å²) in [5, 5.41) is 3.79. The van der Waals surface area contributed by atoms with Crippen LogP contribution in [0.15, 0.2) is 42.5 Å². The summed E-state index contributed by atoms with van der Waals surface area (Å²) in [6.07, 6.45) is 0. The largest absolute Gasteiger partial charge is 0.484 e. The maximum Gasteiger partial charge on any atom is 0.261 e. The van der Waals surface area contributed by atoms with Crippen molar-refractivity contribution in [3.05, 3.63) is 63.6 Å². The third-order valence-corrected chi connectivity index (χ3v) is 5.62. The molecule has 0 aromatic heterocycles. The van der Waals surface area contributed by atoms with Gasteiger partial charge in [-0.3, -0.25) is 9.59 Å². The molecule has 0 unspecified atom stereocenters. The van der Waals surface area contributed by atoms with E-state index in [1.807, 2.05) is 38.1 Å². The van der Waals surface area contributed by atoms with Gasteiger partial charge in [-0.1, -0.05) is 62.2 Å². The van der Waals surface area contributed by atoms with Crippen molar-refractivity contribution in [1.82, 2.24) is 10.2 Å². The van der Waals surface area contributed by atoms with Crippen molar-refractivity contribution in [3.8, 4) is 5.75 Å². The van der Waals surface area contributed by atoms with E-state index in [1.54, 1.807) is 25.1 Å². The molecule has 0 aliphatic rings. The molecule has 0 bridgehead atoms. The lowest BCUT2D eigenvalue weighted by molar-refractivity contribution is -0.142. The Labute approximate surface area is 201 Å². The minimum atomic E-state index is -0.705. The number of carbonyl (C=O) groups is 2. The van der Waals surface area contributed by atoms with Crippen LogP contribution in [0.4, 0.5) is 0 Å². The second-order valence-electron chi connectivity index (χ2n) is 9.16. The van der Waals surface area contributed by atoms with Gasteiger partial charge >= 0.3 is 0 Å². The van der Waals surface area contributed by atoms with Crippen molar-refractivity contribution in [2.24, 2.45) is 0 Å². The van der Waals surface area contributed by atoms with Gasteiger partial charge in [-0.15, -0.1) is 0 Å². The number of hydrogen-bond donors (Lipinski definition) is 1. The molecule has 7 heteroatoms. The van der Waals surface area contributed by atoms with Crippen LogP contribution in [0, 0.1) is 0 Å². The second-order valence-corrected chi connectivity index (χ2v) is 10.0. The molecule has 0 saturated heterocycles. The molecule has 2 aromatic carbocycles. The number of halogens is 2. The van der Waals surface area contributed by atoms with E-state index in [0.29, 0.717) is 21.4 Å². The molecule has 0 radical (unpaired) electrons. The van der Waals surface area contributed by atoms with Crippen LogP contribution in [0.5, 0.6) is 5.75 Å². The summed E-state index contributed by atoms with van der Waals surface area (Å²) in [7, 11) is 0. The number of carbonyl (C=O) groups excluding carboxylic acids is 2. The smallest absolute Gasteiger partial charge is 0.261 e. The van der Waals surface area contributed by atoms with Crippen molar-refractivity contribution < 1.29 is 14.3 Å². The normalized spacial score (nSPS) is 12.4. The summed E-state index contributed by atoms with van der Waals surface area (Å²) in [4.78, 5) is 27.2. The van der Waals surface area contributed by atoms with E-state index in [4.69, 9.17) is 27.9 Å². The number of nitrogens with zero attached hydrogens (tertiary/aromatic N) is 1. The molecule has 5 nitrogen and oxygen atoms in total. The molecule has 0 fully saturated rings. The summed E-state index contributed by atoms with van der Waals surface area (Å²) >= 11 is 12.3. The number of benzene rings is 2. The van der Waals surface area contributed by atoms with Gasteiger partial charge in [0.05, 0.1) is 0 Å². The van der Waals surface area contributed by atoms with Gasteiger partial charge in [0.15, 0.2) is 6.61 Å².